The van der Waals surface area contributed by atoms with Gasteiger partial charge >= 0.3 is 7.12 Å². The number of nitrogens with zero attached hydrogens (tertiary/aromatic N) is 1. The zero-order valence-electron chi connectivity index (χ0n) is 12.2. The Kier molecular flexibility index (Phi) is 4.01. The SMILES string of the molecule is NC(=O)c1cnc(NCc2ccccc2)c2[nH]c(B(O)O)cc12. The fourth-order valence-corrected chi connectivity index (χ4v) is 2.39. The molecule has 2 aromatic heterocycles. The molecule has 3 aromatic rings. The number of aromatic nitrogens is 2. The van der Waals surface area contributed by atoms with Gasteiger partial charge in [-0.05, 0) is 11.6 Å². The minimum Gasteiger partial charge on any atom is -0.422 e. The lowest BCUT2D eigenvalue weighted by Gasteiger charge is -2.08. The van der Waals surface area contributed by atoms with Gasteiger partial charge in [-0.2, -0.15) is 0 Å². The van der Waals surface area contributed by atoms with Crippen molar-refractivity contribution in [3.63, 3.8) is 0 Å². The van der Waals surface area contributed by atoms with Crippen molar-refractivity contribution in [1.29, 1.82) is 0 Å². The molecule has 0 atom stereocenters. The molecule has 0 aliphatic rings. The average molecular weight is 310 g/mol. The molecule has 0 fully saturated rings. The summed E-state index contributed by atoms with van der Waals surface area (Å²) in [5.41, 5.74) is 7.29. The van der Waals surface area contributed by atoms with Gasteiger partial charge in [-0.3, -0.25) is 4.79 Å². The van der Waals surface area contributed by atoms with E-state index in [1.165, 1.54) is 12.3 Å². The largest absolute Gasteiger partial charge is 0.505 e. The van der Waals surface area contributed by atoms with Crippen molar-refractivity contribution in [2.75, 3.05) is 5.32 Å². The molecular weight excluding hydrogens is 295 g/mol. The zero-order chi connectivity index (χ0) is 16.4. The lowest BCUT2D eigenvalue weighted by atomic mass is 9.86. The number of fused-ring (bicyclic) bond motifs is 1. The molecule has 0 bridgehead atoms. The molecular formula is C15H15BN4O3. The molecule has 3 rings (SSSR count). The van der Waals surface area contributed by atoms with Crippen LogP contribution in [0.4, 0.5) is 5.82 Å². The van der Waals surface area contributed by atoms with Gasteiger partial charge in [-0.15, -0.1) is 0 Å². The number of pyridine rings is 1. The number of aromatic amines is 1. The maximum Gasteiger partial charge on any atom is 0.505 e. The van der Waals surface area contributed by atoms with Crippen LogP contribution in [0.3, 0.4) is 0 Å². The number of carbonyl (C=O) groups excluding carboxylic acids is 1. The molecule has 1 amide bonds. The number of nitrogens with one attached hydrogen (secondary N) is 2. The molecule has 2 heterocycles. The predicted molar refractivity (Wildman–Crippen MR) is 88.2 cm³/mol. The van der Waals surface area contributed by atoms with Gasteiger partial charge in [-0.25, -0.2) is 4.98 Å². The van der Waals surface area contributed by atoms with Gasteiger partial charge in [0.05, 0.1) is 11.1 Å². The molecule has 0 saturated heterocycles. The number of benzene rings is 1. The molecule has 23 heavy (non-hydrogen) atoms. The van der Waals surface area contributed by atoms with Crippen LogP contribution in [0.15, 0.2) is 42.6 Å². The molecule has 0 aliphatic carbocycles. The monoisotopic (exact) mass is 310 g/mol. The van der Waals surface area contributed by atoms with Gasteiger partial charge in [0.1, 0.15) is 0 Å². The Morgan fingerprint density at radius 3 is 2.70 bits per heavy atom. The van der Waals surface area contributed by atoms with E-state index in [4.69, 9.17) is 5.73 Å². The van der Waals surface area contributed by atoms with Gasteiger partial charge in [0.15, 0.2) is 5.82 Å². The molecule has 6 N–H and O–H groups in total. The van der Waals surface area contributed by atoms with Crippen LogP contribution in [0, 0.1) is 0 Å². The van der Waals surface area contributed by atoms with Crippen molar-refractivity contribution >= 4 is 35.3 Å². The summed E-state index contributed by atoms with van der Waals surface area (Å²) in [6.45, 7) is 0.537. The third-order valence-electron chi connectivity index (χ3n) is 3.53. The molecule has 7 nitrogen and oxygen atoms in total. The summed E-state index contributed by atoms with van der Waals surface area (Å²) >= 11 is 0. The smallest absolute Gasteiger partial charge is 0.422 e. The quantitative estimate of drug-likeness (QED) is 0.423. The first-order valence-electron chi connectivity index (χ1n) is 7.01. The molecule has 0 aliphatic heterocycles. The lowest BCUT2D eigenvalue weighted by Crippen LogP contribution is -2.30. The standard InChI is InChI=1S/C15H15BN4O3/c17-14(21)11-8-19-15(18-7-9-4-2-1-3-5-9)13-10(11)6-12(20-13)16(22)23/h1-6,8,20,22-23H,7H2,(H2,17,21)(H,18,19). The highest BCUT2D eigenvalue weighted by atomic mass is 16.4. The van der Waals surface area contributed by atoms with Gasteiger partial charge in [0, 0.05) is 23.7 Å². The fraction of sp³-hybridized carbons (Fsp3) is 0.0667. The summed E-state index contributed by atoms with van der Waals surface area (Å²) in [7, 11) is -1.68. The Balaban J connectivity index is 2.00. The molecule has 116 valence electrons. The topological polar surface area (TPSA) is 124 Å². The highest BCUT2D eigenvalue weighted by molar-refractivity contribution is 6.58. The number of hydrogen-bond donors (Lipinski definition) is 5. The molecule has 0 unspecified atom stereocenters. The number of hydrogen-bond acceptors (Lipinski definition) is 5. The summed E-state index contributed by atoms with van der Waals surface area (Å²) in [6.07, 6.45) is 1.37. The first-order chi connectivity index (χ1) is 11.1. The summed E-state index contributed by atoms with van der Waals surface area (Å²) in [5, 5.41) is 22.3. The number of rotatable bonds is 5. The molecule has 8 heteroatoms. The predicted octanol–water partition coefficient (Wildman–Crippen LogP) is -0.0463. The van der Waals surface area contributed by atoms with E-state index in [0.717, 1.165) is 5.56 Å². The summed E-state index contributed by atoms with van der Waals surface area (Å²) in [6, 6.07) is 11.2. The van der Waals surface area contributed by atoms with Gasteiger partial charge in [-0.1, -0.05) is 30.3 Å². The van der Waals surface area contributed by atoms with Crippen LogP contribution >= 0.6 is 0 Å². The minimum atomic E-state index is -1.68. The fourth-order valence-electron chi connectivity index (χ4n) is 2.39. The van der Waals surface area contributed by atoms with E-state index < -0.39 is 13.0 Å². The van der Waals surface area contributed by atoms with Crippen LogP contribution in [0.25, 0.3) is 10.9 Å². The Morgan fingerprint density at radius 1 is 1.30 bits per heavy atom. The second-order valence-electron chi connectivity index (χ2n) is 5.11. The Labute approximate surface area is 132 Å². The van der Waals surface area contributed by atoms with Crippen molar-refractivity contribution in [2.24, 2.45) is 5.73 Å². The van der Waals surface area contributed by atoms with Crippen LogP contribution in [0.1, 0.15) is 15.9 Å². The lowest BCUT2D eigenvalue weighted by molar-refractivity contribution is 0.100. The van der Waals surface area contributed by atoms with E-state index in [9.17, 15) is 14.8 Å². The highest BCUT2D eigenvalue weighted by Crippen LogP contribution is 2.23. The van der Waals surface area contributed by atoms with Crippen molar-refractivity contribution < 1.29 is 14.8 Å². The summed E-state index contributed by atoms with van der Waals surface area (Å²) < 4.78 is 0. The van der Waals surface area contributed by atoms with E-state index in [-0.39, 0.29) is 11.2 Å². The zero-order valence-corrected chi connectivity index (χ0v) is 12.2. The third kappa shape index (κ3) is 3.03. The molecule has 0 radical (unpaired) electrons. The number of nitrogens with two attached hydrogens (primary N) is 1. The minimum absolute atomic E-state index is 0.165. The van der Waals surface area contributed by atoms with E-state index in [1.807, 2.05) is 30.3 Å². The van der Waals surface area contributed by atoms with E-state index in [1.54, 1.807) is 0 Å². The normalized spacial score (nSPS) is 10.7. The highest BCUT2D eigenvalue weighted by Gasteiger charge is 2.19. The van der Waals surface area contributed by atoms with Gasteiger partial charge in [0.25, 0.3) is 5.91 Å². The van der Waals surface area contributed by atoms with Crippen LogP contribution in [0.5, 0.6) is 0 Å². The molecule has 0 spiro atoms. The van der Waals surface area contributed by atoms with Gasteiger partial charge < -0.3 is 26.1 Å². The first-order valence-corrected chi connectivity index (χ1v) is 7.01. The van der Waals surface area contributed by atoms with Crippen molar-refractivity contribution in [1.82, 2.24) is 9.97 Å². The van der Waals surface area contributed by atoms with E-state index >= 15 is 0 Å². The van der Waals surface area contributed by atoms with Crippen LogP contribution < -0.4 is 16.6 Å². The van der Waals surface area contributed by atoms with Crippen LogP contribution in [-0.4, -0.2) is 33.0 Å². The maximum absolute atomic E-state index is 11.5. The number of anilines is 1. The van der Waals surface area contributed by atoms with Crippen molar-refractivity contribution in [3.8, 4) is 0 Å². The number of amides is 1. The summed E-state index contributed by atoms with van der Waals surface area (Å²) in [4.78, 5) is 18.6. The number of primary amides is 1. The Morgan fingerprint density at radius 2 is 2.04 bits per heavy atom. The third-order valence-corrected chi connectivity index (χ3v) is 3.53. The number of H-pyrrole nitrogens is 1. The second kappa shape index (κ2) is 6.11. The average Bonchev–Trinajstić information content (AvgIpc) is 2.99. The Hall–Kier alpha value is -2.84. The maximum atomic E-state index is 11.5. The Bertz CT molecular complexity index is 849. The van der Waals surface area contributed by atoms with E-state index in [2.05, 4.69) is 15.3 Å². The second-order valence-corrected chi connectivity index (χ2v) is 5.11. The van der Waals surface area contributed by atoms with E-state index in [0.29, 0.717) is 23.3 Å². The van der Waals surface area contributed by atoms with Gasteiger partial charge in [0.2, 0.25) is 0 Å². The van der Waals surface area contributed by atoms with Crippen LogP contribution in [-0.2, 0) is 6.54 Å². The molecule has 1 aromatic carbocycles. The summed E-state index contributed by atoms with van der Waals surface area (Å²) in [5.74, 6) is -0.129. The first kappa shape index (κ1) is 15.1. The van der Waals surface area contributed by atoms with Crippen molar-refractivity contribution in [3.05, 3.63) is 53.7 Å². The van der Waals surface area contributed by atoms with Crippen molar-refractivity contribution in [2.45, 2.75) is 6.54 Å². The number of carbonyl (C=O) groups is 1. The van der Waals surface area contributed by atoms with Crippen LogP contribution in [0.2, 0.25) is 0 Å². The molecule has 0 saturated carbocycles.